The number of aryl methyl sites for hydroxylation is 1. The quantitative estimate of drug-likeness (QED) is 0.786. The summed E-state index contributed by atoms with van der Waals surface area (Å²) in [7, 11) is 1.62. The van der Waals surface area contributed by atoms with Crippen molar-refractivity contribution in [1.82, 2.24) is 14.8 Å². The summed E-state index contributed by atoms with van der Waals surface area (Å²) < 4.78 is 5.06. The Hall–Kier alpha value is -2.15. The van der Waals surface area contributed by atoms with Gasteiger partial charge in [0.25, 0.3) is 0 Å². The molecule has 2 amide bonds. The molecule has 7 nitrogen and oxygen atoms in total. The van der Waals surface area contributed by atoms with E-state index in [1.54, 1.807) is 14.0 Å². The van der Waals surface area contributed by atoms with Crippen LogP contribution in [0.5, 0.6) is 0 Å². The van der Waals surface area contributed by atoms with Gasteiger partial charge in [0.05, 0.1) is 24.8 Å². The maximum Gasteiger partial charge on any atom is 0.225 e. The Bertz CT molecular complexity index is 686. The molecule has 0 N–H and O–H groups in total. The standard InChI is InChI=1S/C20H30N4O3/c1-15-13-17(23-10-8-22(9-11-23)16(2)25)14-18(21-15)19-5-4-7-24(19)20(26)6-12-27-3/h13-14,19H,4-12H2,1-3H3. The minimum Gasteiger partial charge on any atom is -0.384 e. The lowest BCUT2D eigenvalue weighted by atomic mass is 10.1. The highest BCUT2D eigenvalue weighted by atomic mass is 16.5. The number of ether oxygens (including phenoxy) is 1. The molecule has 0 aromatic carbocycles. The first kappa shape index (κ1) is 19.6. The summed E-state index contributed by atoms with van der Waals surface area (Å²) in [5.41, 5.74) is 3.08. The molecule has 148 valence electrons. The Kier molecular flexibility index (Phi) is 6.31. The monoisotopic (exact) mass is 374 g/mol. The third kappa shape index (κ3) is 4.58. The molecule has 2 aliphatic heterocycles. The molecule has 0 saturated carbocycles. The summed E-state index contributed by atoms with van der Waals surface area (Å²) in [4.78, 5) is 35.0. The van der Waals surface area contributed by atoms with Gasteiger partial charge >= 0.3 is 0 Å². The molecule has 0 aliphatic carbocycles. The van der Waals surface area contributed by atoms with Crippen LogP contribution in [-0.4, -0.2) is 73.0 Å². The highest BCUT2D eigenvalue weighted by molar-refractivity contribution is 5.77. The number of anilines is 1. The Morgan fingerprint density at radius 2 is 1.93 bits per heavy atom. The molecule has 2 aliphatic rings. The maximum atomic E-state index is 12.5. The Morgan fingerprint density at radius 1 is 1.19 bits per heavy atom. The minimum atomic E-state index is 0.0477. The minimum absolute atomic E-state index is 0.0477. The number of carbonyl (C=O) groups is 2. The van der Waals surface area contributed by atoms with Gasteiger partial charge in [0.2, 0.25) is 11.8 Å². The number of rotatable bonds is 5. The summed E-state index contributed by atoms with van der Waals surface area (Å²) in [6, 6.07) is 4.27. The van der Waals surface area contributed by atoms with E-state index in [-0.39, 0.29) is 17.9 Å². The first-order valence-corrected chi connectivity index (χ1v) is 9.77. The lowest BCUT2D eigenvalue weighted by Gasteiger charge is -2.36. The zero-order valence-electron chi connectivity index (χ0n) is 16.6. The van der Waals surface area contributed by atoms with Gasteiger partial charge in [-0.2, -0.15) is 0 Å². The third-order valence-corrected chi connectivity index (χ3v) is 5.48. The molecule has 3 heterocycles. The second-order valence-corrected chi connectivity index (χ2v) is 7.37. The first-order valence-electron chi connectivity index (χ1n) is 9.77. The normalized spacial score (nSPS) is 20.3. The van der Waals surface area contributed by atoms with Gasteiger partial charge in [0, 0.05) is 58.1 Å². The summed E-state index contributed by atoms with van der Waals surface area (Å²) >= 11 is 0. The van der Waals surface area contributed by atoms with Gasteiger partial charge in [-0.25, -0.2) is 0 Å². The molecule has 2 fully saturated rings. The number of pyridine rings is 1. The summed E-state index contributed by atoms with van der Waals surface area (Å²) in [6.45, 7) is 8.01. The third-order valence-electron chi connectivity index (χ3n) is 5.48. The number of aromatic nitrogens is 1. The largest absolute Gasteiger partial charge is 0.384 e. The predicted molar refractivity (Wildman–Crippen MR) is 104 cm³/mol. The van der Waals surface area contributed by atoms with Crippen molar-refractivity contribution >= 4 is 17.5 Å². The van der Waals surface area contributed by atoms with Crippen molar-refractivity contribution in [3.8, 4) is 0 Å². The Balaban J connectivity index is 1.75. The van der Waals surface area contributed by atoms with E-state index in [2.05, 4.69) is 17.0 Å². The van der Waals surface area contributed by atoms with Crippen LogP contribution >= 0.6 is 0 Å². The van der Waals surface area contributed by atoms with Crippen LogP contribution in [0, 0.1) is 6.92 Å². The summed E-state index contributed by atoms with van der Waals surface area (Å²) in [5, 5.41) is 0. The predicted octanol–water partition coefficient (Wildman–Crippen LogP) is 1.76. The van der Waals surface area contributed by atoms with Crippen molar-refractivity contribution < 1.29 is 14.3 Å². The number of amides is 2. The Labute approximate surface area is 161 Å². The second kappa shape index (κ2) is 8.69. The molecule has 0 bridgehead atoms. The molecular formula is C20H30N4O3. The molecule has 1 atom stereocenters. The molecule has 0 radical (unpaired) electrons. The van der Waals surface area contributed by atoms with Crippen LogP contribution in [0.4, 0.5) is 5.69 Å². The zero-order chi connectivity index (χ0) is 19.4. The van der Waals surface area contributed by atoms with Gasteiger partial charge in [-0.15, -0.1) is 0 Å². The van der Waals surface area contributed by atoms with E-state index in [1.165, 1.54) is 0 Å². The fourth-order valence-electron chi connectivity index (χ4n) is 4.01. The van der Waals surface area contributed by atoms with Crippen LogP contribution in [0.15, 0.2) is 12.1 Å². The van der Waals surface area contributed by atoms with E-state index < -0.39 is 0 Å². The van der Waals surface area contributed by atoms with Gasteiger partial charge in [0.15, 0.2) is 0 Å². The average Bonchev–Trinajstić information content (AvgIpc) is 3.15. The number of carbonyl (C=O) groups excluding carboxylic acids is 2. The van der Waals surface area contributed by atoms with Crippen molar-refractivity contribution in [1.29, 1.82) is 0 Å². The molecule has 1 aromatic rings. The van der Waals surface area contributed by atoms with Gasteiger partial charge in [-0.3, -0.25) is 14.6 Å². The fourth-order valence-corrected chi connectivity index (χ4v) is 4.01. The smallest absolute Gasteiger partial charge is 0.225 e. The highest BCUT2D eigenvalue weighted by Crippen LogP contribution is 2.33. The van der Waals surface area contributed by atoms with E-state index in [9.17, 15) is 9.59 Å². The van der Waals surface area contributed by atoms with Crippen molar-refractivity contribution in [3.05, 3.63) is 23.5 Å². The number of piperazine rings is 1. The molecule has 3 rings (SSSR count). The maximum absolute atomic E-state index is 12.5. The number of hydrogen-bond acceptors (Lipinski definition) is 5. The van der Waals surface area contributed by atoms with Crippen LogP contribution in [0.25, 0.3) is 0 Å². The van der Waals surface area contributed by atoms with Crippen molar-refractivity contribution in [2.45, 2.75) is 39.2 Å². The van der Waals surface area contributed by atoms with E-state index in [4.69, 9.17) is 9.72 Å². The van der Waals surface area contributed by atoms with Crippen LogP contribution in [0.2, 0.25) is 0 Å². The van der Waals surface area contributed by atoms with Crippen LogP contribution in [-0.2, 0) is 14.3 Å². The number of hydrogen-bond donors (Lipinski definition) is 0. The summed E-state index contributed by atoms with van der Waals surface area (Å²) in [6.07, 6.45) is 2.37. The fraction of sp³-hybridized carbons (Fsp3) is 0.650. The van der Waals surface area contributed by atoms with Gasteiger partial charge in [-0.05, 0) is 31.9 Å². The van der Waals surface area contributed by atoms with Gasteiger partial charge < -0.3 is 19.4 Å². The van der Waals surface area contributed by atoms with Crippen LogP contribution in [0.1, 0.15) is 43.6 Å². The number of methoxy groups -OCH3 is 1. The van der Waals surface area contributed by atoms with Crippen molar-refractivity contribution in [2.75, 3.05) is 51.3 Å². The zero-order valence-corrected chi connectivity index (χ0v) is 16.6. The van der Waals surface area contributed by atoms with Gasteiger partial charge in [-0.1, -0.05) is 0 Å². The van der Waals surface area contributed by atoms with Gasteiger partial charge in [0.1, 0.15) is 0 Å². The number of likely N-dealkylation sites (tertiary alicyclic amines) is 1. The average molecular weight is 374 g/mol. The Morgan fingerprint density at radius 3 is 2.59 bits per heavy atom. The topological polar surface area (TPSA) is 66.0 Å². The van der Waals surface area contributed by atoms with Crippen molar-refractivity contribution in [2.24, 2.45) is 0 Å². The summed E-state index contributed by atoms with van der Waals surface area (Å²) in [5.74, 6) is 0.275. The first-order chi connectivity index (χ1) is 13.0. The van der Waals surface area contributed by atoms with Crippen LogP contribution in [0.3, 0.4) is 0 Å². The van der Waals surface area contributed by atoms with E-state index >= 15 is 0 Å². The van der Waals surface area contributed by atoms with E-state index in [1.807, 2.05) is 16.7 Å². The van der Waals surface area contributed by atoms with Crippen molar-refractivity contribution in [3.63, 3.8) is 0 Å². The lowest BCUT2D eigenvalue weighted by Crippen LogP contribution is -2.48. The molecule has 1 aromatic heterocycles. The number of nitrogens with zero attached hydrogens (tertiary/aromatic N) is 4. The second-order valence-electron chi connectivity index (χ2n) is 7.37. The highest BCUT2D eigenvalue weighted by Gasteiger charge is 2.31. The SMILES string of the molecule is COCCC(=O)N1CCCC1c1cc(N2CCN(C(C)=O)CC2)cc(C)n1. The molecule has 0 spiro atoms. The molecule has 27 heavy (non-hydrogen) atoms. The molecule has 1 unspecified atom stereocenters. The van der Waals surface area contributed by atoms with Crippen LogP contribution < -0.4 is 4.90 Å². The van der Waals surface area contributed by atoms with E-state index in [0.29, 0.717) is 13.0 Å². The lowest BCUT2D eigenvalue weighted by molar-refractivity contribution is -0.133. The van der Waals surface area contributed by atoms with E-state index in [0.717, 1.165) is 62.6 Å². The molecular weight excluding hydrogens is 344 g/mol. The molecule has 7 heteroatoms. The molecule has 2 saturated heterocycles.